The van der Waals surface area contributed by atoms with Crippen LogP contribution in [-0.2, 0) is 11.8 Å². The predicted octanol–water partition coefficient (Wildman–Crippen LogP) is 3.19. The fourth-order valence-corrected chi connectivity index (χ4v) is 1.91. The summed E-state index contributed by atoms with van der Waals surface area (Å²) in [5.74, 6) is -0.403. The molecule has 2 aromatic rings. The van der Waals surface area contributed by atoms with Crippen LogP contribution in [0.5, 0.6) is 0 Å². The van der Waals surface area contributed by atoms with Crippen molar-refractivity contribution < 1.29 is 4.79 Å². The molecular formula is C17H17N3O. The van der Waals surface area contributed by atoms with Gasteiger partial charge in [0.2, 0.25) is 0 Å². The zero-order valence-corrected chi connectivity index (χ0v) is 12.3. The van der Waals surface area contributed by atoms with Gasteiger partial charge in [-0.2, -0.15) is 5.26 Å². The second-order valence-electron chi connectivity index (χ2n) is 4.95. The topological polar surface area (TPSA) is 57.8 Å². The van der Waals surface area contributed by atoms with Gasteiger partial charge in [-0.15, -0.1) is 0 Å². The third kappa shape index (κ3) is 3.40. The molecule has 106 valence electrons. The van der Waals surface area contributed by atoms with Crippen molar-refractivity contribution in [2.45, 2.75) is 13.8 Å². The molecule has 0 atom stereocenters. The van der Waals surface area contributed by atoms with Crippen LogP contribution in [0.25, 0.3) is 6.08 Å². The molecule has 1 N–H and O–H groups in total. The summed E-state index contributed by atoms with van der Waals surface area (Å²) in [6, 6.07) is 13.2. The third-order valence-corrected chi connectivity index (χ3v) is 3.38. The van der Waals surface area contributed by atoms with Crippen molar-refractivity contribution in [3.05, 3.63) is 58.9 Å². The minimum Gasteiger partial charge on any atom is -0.348 e. The van der Waals surface area contributed by atoms with E-state index in [9.17, 15) is 10.1 Å². The molecule has 1 amide bonds. The molecule has 0 radical (unpaired) electrons. The molecule has 1 aromatic heterocycles. The monoisotopic (exact) mass is 279 g/mol. The number of hydrogen-bond donors (Lipinski definition) is 1. The van der Waals surface area contributed by atoms with Crippen LogP contribution in [0.3, 0.4) is 0 Å². The second kappa shape index (κ2) is 6.10. The predicted molar refractivity (Wildman–Crippen MR) is 83.5 cm³/mol. The zero-order valence-electron chi connectivity index (χ0n) is 12.3. The first-order valence-corrected chi connectivity index (χ1v) is 6.63. The van der Waals surface area contributed by atoms with E-state index in [2.05, 4.69) is 5.32 Å². The second-order valence-corrected chi connectivity index (χ2v) is 4.95. The van der Waals surface area contributed by atoms with Gasteiger partial charge < -0.3 is 9.88 Å². The van der Waals surface area contributed by atoms with Gasteiger partial charge in [0.15, 0.2) is 0 Å². The standard InChI is InChI=1S/C17H17N3O/c1-12-4-7-15(8-5-12)19-17(21)14(11-18)10-16-9-6-13(2)20(16)3/h4-10H,1-3H3,(H,19,21)/b14-10-. The number of aromatic nitrogens is 1. The number of benzene rings is 1. The molecule has 0 aliphatic rings. The lowest BCUT2D eigenvalue weighted by Crippen LogP contribution is -2.13. The van der Waals surface area contributed by atoms with E-state index in [1.165, 1.54) is 0 Å². The van der Waals surface area contributed by atoms with E-state index in [1.807, 2.05) is 67.9 Å². The van der Waals surface area contributed by atoms with Crippen molar-refractivity contribution in [1.82, 2.24) is 4.57 Å². The quantitative estimate of drug-likeness (QED) is 0.693. The Morgan fingerprint density at radius 3 is 2.38 bits per heavy atom. The van der Waals surface area contributed by atoms with E-state index in [0.717, 1.165) is 17.0 Å². The first-order chi connectivity index (χ1) is 10.0. The number of nitrogens with one attached hydrogen (secondary N) is 1. The first kappa shape index (κ1) is 14.6. The number of nitriles is 1. The summed E-state index contributed by atoms with van der Waals surface area (Å²) in [6.45, 7) is 3.94. The maximum absolute atomic E-state index is 12.1. The van der Waals surface area contributed by atoms with Crippen LogP contribution in [0.2, 0.25) is 0 Å². The molecule has 0 saturated heterocycles. The SMILES string of the molecule is Cc1ccc(NC(=O)/C(C#N)=C\c2ccc(C)n2C)cc1. The van der Waals surface area contributed by atoms with Crippen LogP contribution >= 0.6 is 0 Å². The Bertz CT molecular complexity index is 730. The Balaban J connectivity index is 2.21. The van der Waals surface area contributed by atoms with E-state index in [0.29, 0.717) is 5.69 Å². The summed E-state index contributed by atoms with van der Waals surface area (Å²) in [6.07, 6.45) is 1.59. The minimum atomic E-state index is -0.403. The molecule has 2 rings (SSSR count). The highest BCUT2D eigenvalue weighted by atomic mass is 16.1. The van der Waals surface area contributed by atoms with E-state index in [4.69, 9.17) is 0 Å². The molecule has 21 heavy (non-hydrogen) atoms. The van der Waals surface area contributed by atoms with Crippen molar-refractivity contribution in [1.29, 1.82) is 5.26 Å². The van der Waals surface area contributed by atoms with Gasteiger partial charge >= 0.3 is 0 Å². The molecule has 4 heteroatoms. The highest BCUT2D eigenvalue weighted by Gasteiger charge is 2.10. The molecule has 0 spiro atoms. The Kier molecular flexibility index (Phi) is 4.24. The molecule has 1 aromatic carbocycles. The van der Waals surface area contributed by atoms with Gasteiger partial charge in [-0.1, -0.05) is 17.7 Å². The van der Waals surface area contributed by atoms with Crippen molar-refractivity contribution in [2.24, 2.45) is 7.05 Å². The highest BCUT2D eigenvalue weighted by molar-refractivity contribution is 6.09. The fourth-order valence-electron chi connectivity index (χ4n) is 1.91. The molecule has 0 aliphatic carbocycles. The van der Waals surface area contributed by atoms with Crippen LogP contribution in [0.15, 0.2) is 42.0 Å². The van der Waals surface area contributed by atoms with Crippen LogP contribution < -0.4 is 5.32 Å². The van der Waals surface area contributed by atoms with Gasteiger partial charge in [0.25, 0.3) is 5.91 Å². The largest absolute Gasteiger partial charge is 0.348 e. The average Bonchev–Trinajstić information content (AvgIpc) is 2.78. The Labute approximate surface area is 124 Å². The number of anilines is 1. The lowest BCUT2D eigenvalue weighted by Gasteiger charge is -2.05. The molecule has 0 fully saturated rings. The number of aryl methyl sites for hydroxylation is 2. The van der Waals surface area contributed by atoms with Gasteiger partial charge in [-0.05, 0) is 44.2 Å². The Hall–Kier alpha value is -2.80. The smallest absolute Gasteiger partial charge is 0.266 e. The van der Waals surface area contributed by atoms with Crippen LogP contribution in [0.1, 0.15) is 17.0 Å². The Morgan fingerprint density at radius 1 is 1.19 bits per heavy atom. The van der Waals surface area contributed by atoms with E-state index in [-0.39, 0.29) is 5.57 Å². The van der Waals surface area contributed by atoms with Crippen molar-refractivity contribution in [2.75, 3.05) is 5.32 Å². The number of carbonyl (C=O) groups excluding carboxylic acids is 1. The van der Waals surface area contributed by atoms with E-state index >= 15 is 0 Å². The molecule has 4 nitrogen and oxygen atoms in total. The van der Waals surface area contributed by atoms with Gasteiger partial charge in [0, 0.05) is 24.1 Å². The number of rotatable bonds is 3. The summed E-state index contributed by atoms with van der Waals surface area (Å²) in [5, 5.41) is 11.9. The van der Waals surface area contributed by atoms with Crippen LogP contribution in [0.4, 0.5) is 5.69 Å². The van der Waals surface area contributed by atoms with Crippen molar-refractivity contribution in [3.63, 3.8) is 0 Å². The third-order valence-electron chi connectivity index (χ3n) is 3.38. The lowest BCUT2D eigenvalue weighted by molar-refractivity contribution is -0.112. The first-order valence-electron chi connectivity index (χ1n) is 6.63. The summed E-state index contributed by atoms with van der Waals surface area (Å²) in [5.41, 5.74) is 3.76. The fraction of sp³-hybridized carbons (Fsp3) is 0.176. The zero-order chi connectivity index (χ0) is 15.4. The van der Waals surface area contributed by atoms with Gasteiger partial charge in [0.05, 0.1) is 0 Å². The van der Waals surface area contributed by atoms with Gasteiger partial charge in [-0.3, -0.25) is 4.79 Å². The summed E-state index contributed by atoms with van der Waals surface area (Å²) >= 11 is 0. The van der Waals surface area contributed by atoms with Crippen molar-refractivity contribution in [3.8, 4) is 6.07 Å². The average molecular weight is 279 g/mol. The lowest BCUT2D eigenvalue weighted by atomic mass is 10.2. The minimum absolute atomic E-state index is 0.0803. The molecular weight excluding hydrogens is 262 g/mol. The van der Waals surface area contributed by atoms with E-state index in [1.54, 1.807) is 6.08 Å². The highest BCUT2D eigenvalue weighted by Crippen LogP contribution is 2.13. The molecule has 0 aliphatic heterocycles. The number of carbonyl (C=O) groups is 1. The van der Waals surface area contributed by atoms with E-state index < -0.39 is 5.91 Å². The molecule has 0 bridgehead atoms. The number of amides is 1. The van der Waals surface area contributed by atoms with Crippen molar-refractivity contribution >= 4 is 17.7 Å². The molecule has 0 unspecified atom stereocenters. The van der Waals surface area contributed by atoms with Gasteiger partial charge in [-0.25, -0.2) is 0 Å². The molecule has 0 saturated carbocycles. The Morgan fingerprint density at radius 2 is 1.86 bits per heavy atom. The van der Waals surface area contributed by atoms with Crippen LogP contribution in [0, 0.1) is 25.2 Å². The normalized spacial score (nSPS) is 11.0. The van der Waals surface area contributed by atoms with Crippen LogP contribution in [-0.4, -0.2) is 10.5 Å². The maximum Gasteiger partial charge on any atom is 0.266 e. The number of nitrogens with zero attached hydrogens (tertiary/aromatic N) is 2. The number of hydrogen-bond acceptors (Lipinski definition) is 2. The summed E-state index contributed by atoms with van der Waals surface area (Å²) < 4.78 is 1.93. The maximum atomic E-state index is 12.1. The summed E-state index contributed by atoms with van der Waals surface area (Å²) in [7, 11) is 1.90. The molecule has 1 heterocycles. The van der Waals surface area contributed by atoms with Gasteiger partial charge in [0.1, 0.15) is 11.6 Å². The summed E-state index contributed by atoms with van der Waals surface area (Å²) in [4.78, 5) is 12.1.